The second-order valence-corrected chi connectivity index (χ2v) is 8.04. The van der Waals surface area contributed by atoms with E-state index in [0.29, 0.717) is 18.5 Å². The predicted molar refractivity (Wildman–Crippen MR) is 99.9 cm³/mol. The van der Waals surface area contributed by atoms with Gasteiger partial charge in [0.25, 0.3) is 5.69 Å². The van der Waals surface area contributed by atoms with Gasteiger partial charge in [-0.1, -0.05) is 13.0 Å². The first kappa shape index (κ1) is 21.8. The van der Waals surface area contributed by atoms with E-state index in [9.17, 15) is 18.5 Å². The highest BCUT2D eigenvalue weighted by Crippen LogP contribution is 2.33. The fraction of sp³-hybridized carbons (Fsp3) is 0.625. The summed E-state index contributed by atoms with van der Waals surface area (Å²) < 4.78 is 28.1. The maximum atomic E-state index is 13.3. The van der Waals surface area contributed by atoms with Gasteiger partial charge in [-0.15, -0.1) is 12.4 Å². The third-order valence-corrected chi connectivity index (χ3v) is 6.71. The molecule has 0 amide bonds. The van der Waals surface area contributed by atoms with Gasteiger partial charge >= 0.3 is 0 Å². The first-order valence-corrected chi connectivity index (χ1v) is 9.71. The molecule has 25 heavy (non-hydrogen) atoms. The lowest BCUT2D eigenvalue weighted by molar-refractivity contribution is -0.388. The van der Waals surface area contributed by atoms with Crippen molar-refractivity contribution in [3.63, 3.8) is 0 Å². The Balaban J connectivity index is 0.00000312. The predicted octanol–water partition coefficient (Wildman–Crippen LogP) is 2.79. The lowest BCUT2D eigenvalue weighted by atomic mass is 10.1. The third-order valence-electron chi connectivity index (χ3n) is 4.58. The van der Waals surface area contributed by atoms with Gasteiger partial charge in [-0.2, -0.15) is 4.31 Å². The average Bonchev–Trinajstić information content (AvgIpc) is 2.55. The van der Waals surface area contributed by atoms with Crippen LogP contribution in [0.5, 0.6) is 0 Å². The summed E-state index contributed by atoms with van der Waals surface area (Å²) in [6, 6.07) is 2.78. The molecule has 1 aliphatic heterocycles. The Morgan fingerprint density at radius 3 is 2.40 bits per heavy atom. The summed E-state index contributed by atoms with van der Waals surface area (Å²) in [4.78, 5) is 10.6. The molecular formula is C16H26ClN3O4S. The van der Waals surface area contributed by atoms with Crippen molar-refractivity contribution in [2.75, 3.05) is 19.6 Å². The van der Waals surface area contributed by atoms with Crippen molar-refractivity contribution in [1.82, 2.24) is 9.62 Å². The monoisotopic (exact) mass is 391 g/mol. The van der Waals surface area contributed by atoms with Crippen LogP contribution in [0.2, 0.25) is 0 Å². The summed E-state index contributed by atoms with van der Waals surface area (Å²) in [6.07, 6.45) is 2.11. The van der Waals surface area contributed by atoms with Crippen LogP contribution in [0, 0.1) is 24.0 Å². The van der Waals surface area contributed by atoms with Crippen LogP contribution in [0.3, 0.4) is 0 Å². The van der Waals surface area contributed by atoms with Crippen LogP contribution in [0.25, 0.3) is 0 Å². The number of nitro groups is 1. The smallest absolute Gasteiger partial charge is 0.289 e. The molecule has 9 heteroatoms. The molecule has 1 aromatic carbocycles. The van der Waals surface area contributed by atoms with E-state index in [1.807, 2.05) is 6.92 Å². The van der Waals surface area contributed by atoms with Crippen molar-refractivity contribution in [2.24, 2.45) is 0 Å². The van der Waals surface area contributed by atoms with Gasteiger partial charge in [0, 0.05) is 18.7 Å². The molecule has 1 aliphatic rings. The van der Waals surface area contributed by atoms with E-state index in [4.69, 9.17) is 0 Å². The van der Waals surface area contributed by atoms with Crippen LogP contribution in [0.15, 0.2) is 17.0 Å². The van der Waals surface area contributed by atoms with Gasteiger partial charge in [0.2, 0.25) is 10.0 Å². The lowest BCUT2D eigenvalue weighted by Crippen LogP contribution is -2.46. The first-order chi connectivity index (χ1) is 11.3. The summed E-state index contributed by atoms with van der Waals surface area (Å²) in [6.45, 7) is 7.22. The topological polar surface area (TPSA) is 92.6 Å². The molecule has 0 spiro atoms. The number of halogens is 1. The van der Waals surface area contributed by atoms with Gasteiger partial charge in [0.15, 0.2) is 4.90 Å². The van der Waals surface area contributed by atoms with Crippen LogP contribution in [0.4, 0.5) is 5.69 Å². The Morgan fingerprint density at radius 1 is 1.28 bits per heavy atom. The standard InChI is InChI=1S/C16H25N3O4S.ClH/c1-4-11-18(14-7-9-17-10-8-14)24(22,23)16-13(3)12(2)5-6-15(16)19(20)21;/h5-6,14,17H,4,7-11H2,1-3H3;1H. The van der Waals surface area contributed by atoms with E-state index >= 15 is 0 Å². The van der Waals surface area contributed by atoms with E-state index in [1.54, 1.807) is 19.9 Å². The molecule has 1 aromatic rings. The zero-order valence-electron chi connectivity index (χ0n) is 14.8. The number of sulfonamides is 1. The molecule has 0 radical (unpaired) electrons. The van der Waals surface area contributed by atoms with Crippen molar-refractivity contribution in [3.8, 4) is 0 Å². The summed E-state index contributed by atoms with van der Waals surface area (Å²) >= 11 is 0. The van der Waals surface area contributed by atoms with Gasteiger partial charge in [-0.25, -0.2) is 8.42 Å². The summed E-state index contributed by atoms with van der Waals surface area (Å²) in [5.74, 6) is 0. The average molecular weight is 392 g/mol. The van der Waals surface area contributed by atoms with E-state index in [1.165, 1.54) is 10.4 Å². The molecule has 1 saturated heterocycles. The largest absolute Gasteiger partial charge is 0.317 e. The van der Waals surface area contributed by atoms with Gasteiger partial charge in [0.1, 0.15) is 0 Å². The molecule has 0 aromatic heterocycles. The first-order valence-electron chi connectivity index (χ1n) is 8.27. The highest BCUT2D eigenvalue weighted by Gasteiger charge is 2.37. The van der Waals surface area contributed by atoms with Crippen molar-refractivity contribution in [1.29, 1.82) is 0 Å². The number of nitrogens with zero attached hydrogens (tertiary/aromatic N) is 2. The summed E-state index contributed by atoms with van der Waals surface area (Å²) in [5, 5.41) is 14.6. The molecule has 0 unspecified atom stereocenters. The maximum Gasteiger partial charge on any atom is 0.289 e. The zero-order valence-corrected chi connectivity index (χ0v) is 16.5. The maximum absolute atomic E-state index is 13.3. The van der Waals surface area contributed by atoms with Gasteiger partial charge in [0.05, 0.1) is 4.92 Å². The third kappa shape index (κ3) is 4.49. The van der Waals surface area contributed by atoms with Crippen LogP contribution in [-0.2, 0) is 10.0 Å². The minimum atomic E-state index is -3.93. The normalized spacial score (nSPS) is 15.8. The summed E-state index contributed by atoms with van der Waals surface area (Å²) in [5.41, 5.74) is 0.855. The number of nitrogens with one attached hydrogen (secondary N) is 1. The molecule has 1 fully saturated rings. The quantitative estimate of drug-likeness (QED) is 0.594. The summed E-state index contributed by atoms with van der Waals surface area (Å²) in [7, 11) is -3.93. The second-order valence-electron chi connectivity index (χ2n) is 6.21. The van der Waals surface area contributed by atoms with Crippen molar-refractivity contribution in [2.45, 2.75) is 51.0 Å². The zero-order chi connectivity index (χ0) is 17.9. The van der Waals surface area contributed by atoms with E-state index in [-0.39, 0.29) is 29.0 Å². The Labute approximate surface area is 155 Å². The Morgan fingerprint density at radius 2 is 1.88 bits per heavy atom. The molecule has 1 heterocycles. The number of hydrogen-bond acceptors (Lipinski definition) is 5. The Bertz CT molecular complexity index is 718. The molecular weight excluding hydrogens is 366 g/mol. The fourth-order valence-corrected chi connectivity index (χ4v) is 5.39. The number of nitro benzene ring substituents is 1. The molecule has 1 N–H and O–H groups in total. The lowest BCUT2D eigenvalue weighted by Gasteiger charge is -2.33. The van der Waals surface area contributed by atoms with Crippen LogP contribution < -0.4 is 5.32 Å². The molecule has 7 nitrogen and oxygen atoms in total. The second kappa shape index (κ2) is 8.93. The van der Waals surface area contributed by atoms with Crippen molar-refractivity contribution < 1.29 is 13.3 Å². The molecule has 0 saturated carbocycles. The molecule has 2 rings (SSSR count). The van der Waals surface area contributed by atoms with E-state index in [2.05, 4.69) is 5.32 Å². The van der Waals surface area contributed by atoms with Crippen molar-refractivity contribution in [3.05, 3.63) is 33.4 Å². The number of rotatable bonds is 6. The van der Waals surface area contributed by atoms with Crippen LogP contribution in [-0.4, -0.2) is 43.3 Å². The number of benzene rings is 1. The van der Waals surface area contributed by atoms with Gasteiger partial charge < -0.3 is 5.32 Å². The van der Waals surface area contributed by atoms with Gasteiger partial charge in [-0.05, 0) is 57.3 Å². The number of piperidine rings is 1. The van der Waals surface area contributed by atoms with Crippen molar-refractivity contribution >= 4 is 28.1 Å². The molecule has 0 aliphatic carbocycles. The number of hydrogen-bond donors (Lipinski definition) is 1. The molecule has 0 bridgehead atoms. The SMILES string of the molecule is CCCN(C1CCNCC1)S(=O)(=O)c1c([N+](=O)[O-])ccc(C)c1C.Cl. The fourth-order valence-electron chi connectivity index (χ4n) is 3.18. The minimum absolute atomic E-state index is 0. The van der Waals surface area contributed by atoms with Crippen LogP contribution >= 0.6 is 12.4 Å². The number of aryl methyl sites for hydroxylation is 1. The molecule has 0 atom stereocenters. The van der Waals surface area contributed by atoms with Gasteiger partial charge in [-0.3, -0.25) is 10.1 Å². The minimum Gasteiger partial charge on any atom is -0.317 e. The Hall–Kier alpha value is -1.22. The van der Waals surface area contributed by atoms with E-state index < -0.39 is 14.9 Å². The highest BCUT2D eigenvalue weighted by atomic mass is 35.5. The highest BCUT2D eigenvalue weighted by molar-refractivity contribution is 7.89. The van der Waals surface area contributed by atoms with Crippen LogP contribution in [0.1, 0.15) is 37.3 Å². The Kier molecular flexibility index (Phi) is 7.80. The molecule has 142 valence electrons. The van der Waals surface area contributed by atoms with E-state index in [0.717, 1.165) is 31.5 Å².